The summed E-state index contributed by atoms with van der Waals surface area (Å²) in [5, 5.41) is 17.0. The molecule has 2 aromatic carbocycles. The SMILES string of the molecule is C=CCc1cc(C=NNC(=O)CCC(=O)Nc2cc(C)ccc2C)cc(OCC)c1O. The topological polar surface area (TPSA) is 100 Å². The molecule has 2 aromatic rings. The molecule has 2 amide bonds. The minimum absolute atomic E-state index is 0.00945. The van der Waals surface area contributed by atoms with Crippen LogP contribution in [0.15, 0.2) is 48.1 Å². The monoisotopic (exact) mass is 423 g/mol. The predicted molar refractivity (Wildman–Crippen MR) is 123 cm³/mol. The molecule has 0 spiro atoms. The number of phenolic OH excluding ortho intramolecular Hbond substituents is 1. The van der Waals surface area contributed by atoms with E-state index in [0.717, 1.165) is 16.8 Å². The number of carbonyl (C=O) groups excluding carboxylic acids is 2. The van der Waals surface area contributed by atoms with Gasteiger partial charge in [0.2, 0.25) is 11.8 Å². The van der Waals surface area contributed by atoms with E-state index in [1.807, 2.05) is 39.0 Å². The van der Waals surface area contributed by atoms with Crippen molar-refractivity contribution in [2.45, 2.75) is 40.0 Å². The number of ether oxygens (including phenoxy) is 1. The molecule has 3 N–H and O–H groups in total. The Morgan fingerprint density at radius 2 is 1.90 bits per heavy atom. The van der Waals surface area contributed by atoms with E-state index in [4.69, 9.17) is 4.74 Å². The summed E-state index contributed by atoms with van der Waals surface area (Å²) >= 11 is 0. The second-order valence-electron chi connectivity index (χ2n) is 7.11. The molecular formula is C24H29N3O4. The first-order valence-corrected chi connectivity index (χ1v) is 10.1. The quantitative estimate of drug-likeness (QED) is 0.305. The molecule has 2 rings (SSSR count). The fourth-order valence-electron chi connectivity index (χ4n) is 2.89. The van der Waals surface area contributed by atoms with Gasteiger partial charge in [-0.25, -0.2) is 5.43 Å². The third kappa shape index (κ3) is 7.29. The average Bonchev–Trinajstić information content (AvgIpc) is 2.73. The zero-order chi connectivity index (χ0) is 22.8. The highest BCUT2D eigenvalue weighted by atomic mass is 16.5. The minimum Gasteiger partial charge on any atom is -0.504 e. The van der Waals surface area contributed by atoms with Crippen molar-refractivity contribution in [3.63, 3.8) is 0 Å². The van der Waals surface area contributed by atoms with Crippen LogP contribution in [0, 0.1) is 13.8 Å². The lowest BCUT2D eigenvalue weighted by molar-refractivity contribution is -0.124. The first-order valence-electron chi connectivity index (χ1n) is 10.1. The summed E-state index contributed by atoms with van der Waals surface area (Å²) in [4.78, 5) is 24.2. The number of rotatable bonds is 10. The number of aryl methyl sites for hydroxylation is 2. The Morgan fingerprint density at radius 3 is 2.61 bits per heavy atom. The van der Waals surface area contributed by atoms with Crippen molar-refractivity contribution in [1.29, 1.82) is 0 Å². The number of aromatic hydroxyl groups is 1. The van der Waals surface area contributed by atoms with Crippen molar-refractivity contribution < 1.29 is 19.4 Å². The highest BCUT2D eigenvalue weighted by molar-refractivity contribution is 5.94. The van der Waals surface area contributed by atoms with Gasteiger partial charge in [-0.15, -0.1) is 6.58 Å². The van der Waals surface area contributed by atoms with E-state index in [0.29, 0.717) is 29.9 Å². The maximum atomic E-state index is 12.1. The van der Waals surface area contributed by atoms with Gasteiger partial charge in [0.25, 0.3) is 0 Å². The van der Waals surface area contributed by atoms with Crippen LogP contribution in [0.4, 0.5) is 5.69 Å². The molecule has 0 saturated carbocycles. The lowest BCUT2D eigenvalue weighted by Crippen LogP contribution is -2.21. The molecule has 0 unspecified atom stereocenters. The van der Waals surface area contributed by atoms with Crippen LogP contribution in [0.5, 0.6) is 11.5 Å². The standard InChI is InChI=1S/C24H29N3O4/c1-5-7-19-13-18(14-21(24(19)30)31-6-2)15-25-27-23(29)11-10-22(28)26-20-12-16(3)8-9-17(20)4/h5,8-9,12-15,30H,1,6-7,10-11H2,2-4H3,(H,26,28)(H,27,29). The van der Waals surface area contributed by atoms with E-state index < -0.39 is 0 Å². The van der Waals surface area contributed by atoms with Crippen molar-refractivity contribution in [3.05, 3.63) is 65.2 Å². The summed E-state index contributed by atoms with van der Waals surface area (Å²) in [5.41, 5.74) is 6.48. The number of amides is 2. The smallest absolute Gasteiger partial charge is 0.240 e. The van der Waals surface area contributed by atoms with Gasteiger partial charge in [-0.2, -0.15) is 5.10 Å². The molecule has 0 saturated heterocycles. The average molecular weight is 424 g/mol. The summed E-state index contributed by atoms with van der Waals surface area (Å²) < 4.78 is 5.44. The van der Waals surface area contributed by atoms with Gasteiger partial charge in [-0.1, -0.05) is 18.2 Å². The van der Waals surface area contributed by atoms with E-state index in [9.17, 15) is 14.7 Å². The number of nitrogens with one attached hydrogen (secondary N) is 2. The highest BCUT2D eigenvalue weighted by Gasteiger charge is 2.10. The van der Waals surface area contributed by atoms with Crippen molar-refractivity contribution in [3.8, 4) is 11.5 Å². The summed E-state index contributed by atoms with van der Waals surface area (Å²) in [6.07, 6.45) is 3.66. The van der Waals surface area contributed by atoms with Crippen molar-refractivity contribution in [1.82, 2.24) is 5.43 Å². The van der Waals surface area contributed by atoms with Gasteiger partial charge in [-0.3, -0.25) is 9.59 Å². The van der Waals surface area contributed by atoms with Gasteiger partial charge < -0.3 is 15.2 Å². The van der Waals surface area contributed by atoms with Gasteiger partial charge in [0.1, 0.15) is 0 Å². The first kappa shape index (κ1) is 23.7. The summed E-state index contributed by atoms with van der Waals surface area (Å²) in [6.45, 7) is 9.78. The number of hydrogen-bond donors (Lipinski definition) is 3. The first-order chi connectivity index (χ1) is 14.8. The number of nitrogens with zero attached hydrogens (tertiary/aromatic N) is 1. The Labute approximate surface area is 182 Å². The zero-order valence-electron chi connectivity index (χ0n) is 18.2. The van der Waals surface area contributed by atoms with Gasteiger partial charge >= 0.3 is 0 Å². The number of carbonyl (C=O) groups is 2. The largest absolute Gasteiger partial charge is 0.504 e. The molecule has 0 bridgehead atoms. The molecule has 0 heterocycles. The molecule has 7 nitrogen and oxygen atoms in total. The van der Waals surface area contributed by atoms with Crippen LogP contribution in [0.2, 0.25) is 0 Å². The van der Waals surface area contributed by atoms with Crippen LogP contribution in [0.3, 0.4) is 0 Å². The number of phenols is 1. The lowest BCUT2D eigenvalue weighted by atomic mass is 10.1. The van der Waals surface area contributed by atoms with E-state index in [1.54, 1.807) is 18.2 Å². The summed E-state index contributed by atoms with van der Waals surface area (Å²) in [7, 11) is 0. The second kappa shape index (κ2) is 11.5. The van der Waals surface area contributed by atoms with Crippen LogP contribution < -0.4 is 15.5 Å². The molecule has 0 aromatic heterocycles. The molecule has 7 heteroatoms. The fourth-order valence-corrected chi connectivity index (χ4v) is 2.89. The Hall–Kier alpha value is -3.61. The third-order valence-electron chi connectivity index (χ3n) is 4.49. The number of hydrogen-bond acceptors (Lipinski definition) is 5. The number of anilines is 1. The van der Waals surface area contributed by atoms with Crippen LogP contribution in [0.25, 0.3) is 0 Å². The van der Waals surface area contributed by atoms with Crippen LogP contribution in [-0.2, 0) is 16.0 Å². The van der Waals surface area contributed by atoms with E-state index in [2.05, 4.69) is 22.4 Å². The van der Waals surface area contributed by atoms with Crippen LogP contribution >= 0.6 is 0 Å². The van der Waals surface area contributed by atoms with Gasteiger partial charge in [-0.05, 0) is 62.1 Å². The van der Waals surface area contributed by atoms with Crippen molar-refractivity contribution in [2.75, 3.05) is 11.9 Å². The van der Waals surface area contributed by atoms with Crippen LogP contribution in [-0.4, -0.2) is 29.7 Å². The maximum absolute atomic E-state index is 12.1. The molecule has 0 aliphatic heterocycles. The van der Waals surface area contributed by atoms with E-state index in [1.165, 1.54) is 6.21 Å². The molecule has 0 fully saturated rings. The van der Waals surface area contributed by atoms with Gasteiger partial charge in [0, 0.05) is 24.1 Å². The maximum Gasteiger partial charge on any atom is 0.240 e. The van der Waals surface area contributed by atoms with Crippen LogP contribution in [0.1, 0.15) is 42.0 Å². The Bertz CT molecular complexity index is 983. The summed E-state index contributed by atoms with van der Waals surface area (Å²) in [6, 6.07) is 9.19. The zero-order valence-corrected chi connectivity index (χ0v) is 18.2. The third-order valence-corrected chi connectivity index (χ3v) is 4.49. The number of allylic oxidation sites excluding steroid dienone is 1. The molecule has 0 aliphatic carbocycles. The predicted octanol–water partition coefficient (Wildman–Crippen LogP) is 4.01. The van der Waals surface area contributed by atoms with Crippen molar-refractivity contribution >= 4 is 23.7 Å². The Kier molecular flexibility index (Phi) is 8.81. The Morgan fingerprint density at radius 1 is 1.16 bits per heavy atom. The highest BCUT2D eigenvalue weighted by Crippen LogP contribution is 2.31. The molecular weight excluding hydrogens is 394 g/mol. The van der Waals surface area contributed by atoms with Gasteiger partial charge in [0.15, 0.2) is 11.5 Å². The number of hydrazone groups is 1. The molecule has 31 heavy (non-hydrogen) atoms. The summed E-state index contributed by atoms with van der Waals surface area (Å²) in [5.74, 6) is -0.195. The lowest BCUT2D eigenvalue weighted by Gasteiger charge is -2.11. The molecule has 0 aliphatic rings. The molecule has 164 valence electrons. The van der Waals surface area contributed by atoms with E-state index >= 15 is 0 Å². The normalized spacial score (nSPS) is 10.7. The van der Waals surface area contributed by atoms with Gasteiger partial charge in [0.05, 0.1) is 12.8 Å². The van der Waals surface area contributed by atoms with E-state index in [-0.39, 0.29) is 30.4 Å². The minimum atomic E-state index is -0.373. The second-order valence-corrected chi connectivity index (χ2v) is 7.11. The molecule has 0 radical (unpaired) electrons. The fraction of sp³-hybridized carbons (Fsp3) is 0.292. The van der Waals surface area contributed by atoms with Crippen molar-refractivity contribution in [2.24, 2.45) is 5.10 Å². The Balaban J connectivity index is 1.91. The molecule has 0 atom stereocenters. The number of benzene rings is 2.